The van der Waals surface area contributed by atoms with Crippen LogP contribution in [0.15, 0.2) is 24.3 Å². The van der Waals surface area contributed by atoms with Crippen molar-refractivity contribution in [3.05, 3.63) is 35.4 Å². The van der Waals surface area contributed by atoms with Crippen LogP contribution in [0.3, 0.4) is 0 Å². The Morgan fingerprint density at radius 3 is 2.46 bits per heavy atom. The molecule has 0 aliphatic heterocycles. The smallest absolute Gasteiger partial charge is 0.325 e. The zero-order chi connectivity index (χ0) is 9.14. The van der Waals surface area contributed by atoms with Gasteiger partial charge in [0.1, 0.15) is 6.04 Å². The molecule has 0 spiro atoms. The SMILES string of the molecule is Cc1ccccc1[C@@H](N)C(=O)O.Cl. The number of aryl methyl sites for hydroxylation is 1. The second-order valence-corrected chi connectivity index (χ2v) is 2.67. The van der Waals surface area contributed by atoms with Gasteiger partial charge in [0.05, 0.1) is 0 Å². The van der Waals surface area contributed by atoms with Gasteiger partial charge >= 0.3 is 5.97 Å². The molecule has 0 radical (unpaired) electrons. The highest BCUT2D eigenvalue weighted by atomic mass is 35.5. The number of carbonyl (C=O) groups is 1. The number of aliphatic carboxylic acids is 1. The molecule has 0 heterocycles. The molecule has 0 aromatic heterocycles. The van der Waals surface area contributed by atoms with E-state index < -0.39 is 12.0 Å². The molecular formula is C9H12ClNO2. The molecule has 13 heavy (non-hydrogen) atoms. The van der Waals surface area contributed by atoms with Crippen LogP contribution in [0.4, 0.5) is 0 Å². The number of benzene rings is 1. The average molecular weight is 202 g/mol. The summed E-state index contributed by atoms with van der Waals surface area (Å²) in [6, 6.07) is 6.30. The Labute approximate surface area is 83.0 Å². The number of nitrogens with two attached hydrogens (primary N) is 1. The molecule has 0 saturated heterocycles. The fourth-order valence-corrected chi connectivity index (χ4v) is 1.07. The zero-order valence-electron chi connectivity index (χ0n) is 7.23. The predicted molar refractivity (Wildman–Crippen MR) is 53.0 cm³/mol. The minimum absolute atomic E-state index is 0. The Balaban J connectivity index is 0.00000144. The third kappa shape index (κ3) is 2.72. The summed E-state index contributed by atoms with van der Waals surface area (Å²) in [6.45, 7) is 1.85. The molecule has 0 aliphatic carbocycles. The third-order valence-electron chi connectivity index (χ3n) is 1.79. The van der Waals surface area contributed by atoms with E-state index in [-0.39, 0.29) is 12.4 Å². The Morgan fingerprint density at radius 1 is 1.46 bits per heavy atom. The molecule has 3 N–H and O–H groups in total. The van der Waals surface area contributed by atoms with Gasteiger partial charge in [-0.25, -0.2) is 0 Å². The van der Waals surface area contributed by atoms with Crippen LogP contribution >= 0.6 is 12.4 Å². The zero-order valence-corrected chi connectivity index (χ0v) is 8.04. The minimum atomic E-state index is -0.996. The average Bonchev–Trinajstić information content (AvgIpc) is 2.04. The van der Waals surface area contributed by atoms with E-state index in [1.54, 1.807) is 12.1 Å². The maximum atomic E-state index is 10.5. The summed E-state index contributed by atoms with van der Waals surface area (Å²) >= 11 is 0. The van der Waals surface area contributed by atoms with Gasteiger partial charge in [0.15, 0.2) is 0 Å². The number of hydrogen-bond acceptors (Lipinski definition) is 2. The van der Waals surface area contributed by atoms with Gasteiger partial charge in [-0.3, -0.25) is 4.79 Å². The van der Waals surface area contributed by atoms with Gasteiger partial charge in [-0.15, -0.1) is 12.4 Å². The molecule has 72 valence electrons. The second-order valence-electron chi connectivity index (χ2n) is 2.67. The normalized spacial score (nSPS) is 11.5. The van der Waals surface area contributed by atoms with E-state index in [1.807, 2.05) is 19.1 Å². The van der Waals surface area contributed by atoms with Crippen LogP contribution < -0.4 is 5.73 Å². The highest BCUT2D eigenvalue weighted by Gasteiger charge is 2.14. The summed E-state index contributed by atoms with van der Waals surface area (Å²) in [6.07, 6.45) is 0. The maximum absolute atomic E-state index is 10.5. The lowest BCUT2D eigenvalue weighted by Gasteiger charge is -2.08. The molecule has 0 unspecified atom stereocenters. The van der Waals surface area contributed by atoms with Gasteiger partial charge < -0.3 is 10.8 Å². The van der Waals surface area contributed by atoms with E-state index in [0.29, 0.717) is 5.56 Å². The lowest BCUT2D eigenvalue weighted by molar-refractivity contribution is -0.138. The lowest BCUT2D eigenvalue weighted by Crippen LogP contribution is -2.21. The van der Waals surface area contributed by atoms with Crippen LogP contribution in [0.25, 0.3) is 0 Å². The van der Waals surface area contributed by atoms with Crippen molar-refractivity contribution in [2.75, 3.05) is 0 Å². The summed E-state index contributed by atoms with van der Waals surface area (Å²) in [5.74, 6) is -0.996. The van der Waals surface area contributed by atoms with E-state index >= 15 is 0 Å². The third-order valence-corrected chi connectivity index (χ3v) is 1.79. The monoisotopic (exact) mass is 201 g/mol. The molecular weight excluding hydrogens is 190 g/mol. The second kappa shape index (κ2) is 4.84. The number of hydrogen-bond donors (Lipinski definition) is 2. The van der Waals surface area contributed by atoms with E-state index in [0.717, 1.165) is 5.56 Å². The Kier molecular flexibility index (Phi) is 4.45. The van der Waals surface area contributed by atoms with Gasteiger partial charge in [-0.05, 0) is 18.1 Å². The van der Waals surface area contributed by atoms with Crippen LogP contribution in [0.5, 0.6) is 0 Å². The Bertz CT molecular complexity index is 301. The van der Waals surface area contributed by atoms with E-state index in [9.17, 15) is 4.79 Å². The van der Waals surface area contributed by atoms with Crippen molar-refractivity contribution in [3.63, 3.8) is 0 Å². The number of carboxylic acids is 1. The van der Waals surface area contributed by atoms with Gasteiger partial charge in [0.25, 0.3) is 0 Å². The van der Waals surface area contributed by atoms with Gasteiger partial charge in [0, 0.05) is 0 Å². The highest BCUT2D eigenvalue weighted by Crippen LogP contribution is 2.14. The molecule has 0 bridgehead atoms. The van der Waals surface area contributed by atoms with Crippen LogP contribution in [0.2, 0.25) is 0 Å². The molecule has 1 aromatic rings. The number of halogens is 1. The number of carboxylic acid groups (broad SMARTS) is 1. The van der Waals surface area contributed by atoms with Gasteiger partial charge in [-0.1, -0.05) is 24.3 Å². The minimum Gasteiger partial charge on any atom is -0.480 e. The quantitative estimate of drug-likeness (QED) is 0.762. The molecule has 1 aromatic carbocycles. The number of rotatable bonds is 2. The maximum Gasteiger partial charge on any atom is 0.325 e. The first-order valence-corrected chi connectivity index (χ1v) is 3.67. The van der Waals surface area contributed by atoms with Gasteiger partial charge in [-0.2, -0.15) is 0 Å². The van der Waals surface area contributed by atoms with Crippen LogP contribution in [-0.2, 0) is 4.79 Å². The largest absolute Gasteiger partial charge is 0.480 e. The van der Waals surface area contributed by atoms with E-state index in [1.165, 1.54) is 0 Å². The predicted octanol–water partition coefficient (Wildman–Crippen LogP) is 1.50. The lowest BCUT2D eigenvalue weighted by atomic mass is 10.0. The first-order valence-electron chi connectivity index (χ1n) is 3.67. The van der Waals surface area contributed by atoms with Gasteiger partial charge in [0.2, 0.25) is 0 Å². The van der Waals surface area contributed by atoms with Crippen molar-refractivity contribution < 1.29 is 9.90 Å². The molecule has 0 fully saturated rings. The summed E-state index contributed by atoms with van der Waals surface area (Å²) in [5, 5.41) is 8.63. The molecule has 0 saturated carbocycles. The Hall–Kier alpha value is -1.06. The van der Waals surface area contributed by atoms with Crippen molar-refractivity contribution in [2.24, 2.45) is 5.73 Å². The van der Waals surface area contributed by atoms with Crippen molar-refractivity contribution in [2.45, 2.75) is 13.0 Å². The fraction of sp³-hybridized carbons (Fsp3) is 0.222. The summed E-state index contributed by atoms with van der Waals surface area (Å²) in [7, 11) is 0. The highest BCUT2D eigenvalue weighted by molar-refractivity contribution is 5.85. The molecule has 3 nitrogen and oxygen atoms in total. The standard InChI is InChI=1S/C9H11NO2.ClH/c1-6-4-2-3-5-7(6)8(10)9(11)12;/h2-5,8H,10H2,1H3,(H,11,12);1H/t8-;/m1./s1. The van der Waals surface area contributed by atoms with E-state index in [4.69, 9.17) is 10.8 Å². The molecule has 0 amide bonds. The Morgan fingerprint density at radius 2 is 2.00 bits per heavy atom. The van der Waals surface area contributed by atoms with E-state index in [2.05, 4.69) is 0 Å². The van der Waals surface area contributed by atoms with Crippen LogP contribution in [0, 0.1) is 6.92 Å². The fourth-order valence-electron chi connectivity index (χ4n) is 1.07. The first kappa shape index (κ1) is 11.9. The molecule has 1 atom stereocenters. The van der Waals surface area contributed by atoms with Crippen molar-refractivity contribution in [3.8, 4) is 0 Å². The van der Waals surface area contributed by atoms with Crippen LogP contribution in [0.1, 0.15) is 17.2 Å². The summed E-state index contributed by atoms with van der Waals surface area (Å²) in [4.78, 5) is 10.5. The van der Waals surface area contributed by atoms with Crippen molar-refractivity contribution in [1.82, 2.24) is 0 Å². The first-order chi connectivity index (χ1) is 5.63. The summed E-state index contributed by atoms with van der Waals surface area (Å²) < 4.78 is 0. The molecule has 4 heteroatoms. The molecule has 0 aliphatic rings. The van der Waals surface area contributed by atoms with Crippen molar-refractivity contribution >= 4 is 18.4 Å². The molecule has 1 rings (SSSR count). The summed E-state index contributed by atoms with van der Waals surface area (Å²) in [5.41, 5.74) is 7.02. The van der Waals surface area contributed by atoms with Crippen molar-refractivity contribution in [1.29, 1.82) is 0 Å². The topological polar surface area (TPSA) is 63.3 Å². The van der Waals surface area contributed by atoms with Crippen LogP contribution in [-0.4, -0.2) is 11.1 Å².